The molecule has 1 N–H and O–H groups in total. The number of aryl methyl sites for hydroxylation is 1. The van der Waals surface area contributed by atoms with Gasteiger partial charge in [-0.1, -0.05) is 24.8 Å². The maximum Gasteiger partial charge on any atom is 0.174 e. The Labute approximate surface area is 120 Å². The van der Waals surface area contributed by atoms with E-state index in [1.165, 1.54) is 23.3 Å². The van der Waals surface area contributed by atoms with Gasteiger partial charge in [-0.25, -0.2) is 4.98 Å². The molecule has 0 aliphatic rings. The molecular weight excluding hydrogens is 278 g/mol. The van der Waals surface area contributed by atoms with Crippen LogP contribution in [0, 0.1) is 11.3 Å². The van der Waals surface area contributed by atoms with E-state index >= 15 is 0 Å². The zero-order chi connectivity index (χ0) is 13.8. The van der Waals surface area contributed by atoms with E-state index in [0.717, 1.165) is 27.0 Å². The first kappa shape index (κ1) is 14.0. The van der Waals surface area contributed by atoms with Crippen LogP contribution < -0.4 is 0 Å². The highest BCUT2D eigenvalue weighted by atomic mass is 32.2. The molecule has 1 heterocycles. The fraction of sp³-hybridized carbons (Fsp3) is 0.308. The molecule has 19 heavy (non-hydrogen) atoms. The molecular formula is C13H13N3OS2. The van der Waals surface area contributed by atoms with Crippen LogP contribution in [0.4, 0.5) is 0 Å². The maximum atomic E-state index is 9.77. The highest BCUT2D eigenvalue weighted by Crippen LogP contribution is 2.34. The Balaban J connectivity index is 2.34. The molecule has 0 spiro atoms. The number of aliphatic hydroxyl groups is 1. The molecule has 4 nitrogen and oxygen atoms in total. The summed E-state index contributed by atoms with van der Waals surface area (Å²) in [6.45, 7) is 3.72. The summed E-state index contributed by atoms with van der Waals surface area (Å²) in [6.07, 6.45) is 0.229. The van der Waals surface area contributed by atoms with E-state index in [0.29, 0.717) is 5.56 Å². The van der Waals surface area contributed by atoms with Crippen LogP contribution in [0.1, 0.15) is 36.9 Å². The summed E-state index contributed by atoms with van der Waals surface area (Å²) in [6, 6.07) is 7.38. The third-order valence-corrected chi connectivity index (χ3v) is 4.42. The fourth-order valence-electron chi connectivity index (χ4n) is 1.55. The van der Waals surface area contributed by atoms with Gasteiger partial charge >= 0.3 is 0 Å². The Hall–Kier alpha value is -1.42. The summed E-state index contributed by atoms with van der Waals surface area (Å²) in [5, 5.41) is 18.7. The van der Waals surface area contributed by atoms with Crippen LogP contribution >= 0.6 is 23.3 Å². The third kappa shape index (κ3) is 3.32. The van der Waals surface area contributed by atoms with E-state index in [1.807, 2.05) is 6.92 Å². The molecule has 2 rings (SSSR count). The lowest BCUT2D eigenvalue weighted by Gasteiger charge is -2.10. The second-order valence-corrected chi connectivity index (χ2v) is 6.01. The molecule has 0 amide bonds. The van der Waals surface area contributed by atoms with E-state index in [-0.39, 0.29) is 0 Å². The van der Waals surface area contributed by atoms with Crippen molar-refractivity contribution in [1.82, 2.24) is 9.36 Å². The summed E-state index contributed by atoms with van der Waals surface area (Å²) < 4.78 is 5.06. The molecule has 1 aromatic carbocycles. The lowest BCUT2D eigenvalue weighted by atomic mass is 10.1. The van der Waals surface area contributed by atoms with Crippen LogP contribution in [-0.4, -0.2) is 14.5 Å². The molecule has 1 atom stereocenters. The first-order chi connectivity index (χ1) is 9.13. The van der Waals surface area contributed by atoms with Gasteiger partial charge in [0.1, 0.15) is 5.82 Å². The van der Waals surface area contributed by atoms with Gasteiger partial charge in [0.05, 0.1) is 17.7 Å². The molecule has 0 fully saturated rings. The minimum atomic E-state index is -0.575. The highest BCUT2D eigenvalue weighted by molar-refractivity contribution is 8.01. The topological polar surface area (TPSA) is 69.8 Å². The van der Waals surface area contributed by atoms with Crippen LogP contribution in [0.25, 0.3) is 0 Å². The van der Waals surface area contributed by atoms with Gasteiger partial charge in [-0.05, 0) is 36.2 Å². The number of benzene rings is 1. The Morgan fingerprint density at radius 2 is 2.32 bits per heavy atom. The van der Waals surface area contributed by atoms with Crippen LogP contribution in [0.15, 0.2) is 27.4 Å². The van der Waals surface area contributed by atoms with Crippen molar-refractivity contribution in [3.63, 3.8) is 0 Å². The zero-order valence-electron chi connectivity index (χ0n) is 10.6. The quantitative estimate of drug-likeness (QED) is 0.937. The normalized spacial score (nSPS) is 12.1. The largest absolute Gasteiger partial charge is 0.389 e. The van der Waals surface area contributed by atoms with Gasteiger partial charge < -0.3 is 5.11 Å². The van der Waals surface area contributed by atoms with Crippen LogP contribution in [-0.2, 0) is 6.42 Å². The van der Waals surface area contributed by atoms with Gasteiger partial charge in [0.2, 0.25) is 0 Å². The van der Waals surface area contributed by atoms with Crippen molar-refractivity contribution in [3.05, 3.63) is 35.2 Å². The lowest BCUT2D eigenvalue weighted by molar-refractivity contribution is 0.196. The van der Waals surface area contributed by atoms with Gasteiger partial charge in [0.15, 0.2) is 4.34 Å². The first-order valence-electron chi connectivity index (χ1n) is 5.86. The van der Waals surface area contributed by atoms with E-state index in [9.17, 15) is 5.11 Å². The Bertz CT molecular complexity index is 617. The SMILES string of the molecule is CCc1nsc(Sc2cc(C#N)ccc2[C@H](C)O)n1. The van der Waals surface area contributed by atoms with Gasteiger partial charge in [0.25, 0.3) is 0 Å². The van der Waals surface area contributed by atoms with Crippen molar-refractivity contribution in [2.24, 2.45) is 0 Å². The standard InChI is InChI=1S/C13H13N3OS2/c1-3-12-15-13(19-16-12)18-11-6-9(7-14)4-5-10(11)8(2)17/h4-6,8,17H,3H2,1-2H3/t8-/m0/s1. The summed E-state index contributed by atoms with van der Waals surface area (Å²) in [5.41, 5.74) is 1.38. The molecule has 0 aliphatic carbocycles. The number of aromatic nitrogens is 2. The molecule has 2 aromatic rings. The number of rotatable bonds is 4. The molecule has 0 saturated heterocycles. The number of aliphatic hydroxyl groups excluding tert-OH is 1. The highest BCUT2D eigenvalue weighted by Gasteiger charge is 2.12. The van der Waals surface area contributed by atoms with Gasteiger partial charge in [-0.15, -0.1) is 0 Å². The van der Waals surface area contributed by atoms with E-state index in [2.05, 4.69) is 15.4 Å². The second kappa shape index (κ2) is 6.15. The third-order valence-electron chi connectivity index (χ3n) is 2.56. The number of hydrogen-bond donors (Lipinski definition) is 1. The smallest absolute Gasteiger partial charge is 0.174 e. The maximum absolute atomic E-state index is 9.77. The number of hydrogen-bond acceptors (Lipinski definition) is 6. The predicted octanol–water partition coefficient (Wildman–Crippen LogP) is 3.18. The predicted molar refractivity (Wildman–Crippen MR) is 75.2 cm³/mol. The fourth-order valence-corrected chi connectivity index (χ4v) is 3.47. The summed E-state index contributed by atoms with van der Waals surface area (Å²) in [5.74, 6) is 0.822. The molecule has 0 radical (unpaired) electrons. The van der Waals surface area contributed by atoms with E-state index < -0.39 is 6.10 Å². The molecule has 1 aromatic heterocycles. The minimum Gasteiger partial charge on any atom is -0.389 e. The van der Waals surface area contributed by atoms with Crippen LogP contribution in [0.5, 0.6) is 0 Å². The van der Waals surface area contributed by atoms with Crippen LogP contribution in [0.3, 0.4) is 0 Å². The monoisotopic (exact) mass is 291 g/mol. The summed E-state index contributed by atoms with van der Waals surface area (Å²) in [4.78, 5) is 5.24. The average molecular weight is 291 g/mol. The van der Waals surface area contributed by atoms with Crippen molar-refractivity contribution < 1.29 is 5.11 Å². The molecule has 98 valence electrons. The van der Waals surface area contributed by atoms with E-state index in [1.54, 1.807) is 25.1 Å². The van der Waals surface area contributed by atoms with Crippen LogP contribution in [0.2, 0.25) is 0 Å². The molecule has 0 aliphatic heterocycles. The lowest BCUT2D eigenvalue weighted by Crippen LogP contribution is -1.94. The van der Waals surface area contributed by atoms with Crippen molar-refractivity contribution >= 4 is 23.3 Å². The Kier molecular flexibility index (Phi) is 4.53. The van der Waals surface area contributed by atoms with E-state index in [4.69, 9.17) is 5.26 Å². The first-order valence-corrected chi connectivity index (χ1v) is 7.45. The zero-order valence-corrected chi connectivity index (χ0v) is 12.3. The molecule has 0 bridgehead atoms. The molecule has 0 saturated carbocycles. The van der Waals surface area contributed by atoms with Gasteiger partial charge in [-0.2, -0.15) is 9.64 Å². The summed E-state index contributed by atoms with van der Waals surface area (Å²) >= 11 is 2.78. The Morgan fingerprint density at radius 3 is 2.89 bits per heavy atom. The molecule has 6 heteroatoms. The van der Waals surface area contributed by atoms with Gasteiger partial charge in [-0.3, -0.25) is 0 Å². The van der Waals surface area contributed by atoms with Crippen molar-refractivity contribution in [2.45, 2.75) is 35.6 Å². The summed E-state index contributed by atoms with van der Waals surface area (Å²) in [7, 11) is 0. The number of nitriles is 1. The Morgan fingerprint density at radius 1 is 1.53 bits per heavy atom. The second-order valence-electron chi connectivity index (χ2n) is 3.97. The minimum absolute atomic E-state index is 0.575. The van der Waals surface area contributed by atoms with Crippen molar-refractivity contribution in [2.75, 3.05) is 0 Å². The van der Waals surface area contributed by atoms with Crippen molar-refractivity contribution in [1.29, 1.82) is 5.26 Å². The van der Waals surface area contributed by atoms with Crippen molar-refractivity contribution in [3.8, 4) is 6.07 Å². The van der Waals surface area contributed by atoms with Gasteiger partial charge in [0, 0.05) is 11.3 Å². The number of nitrogens with zero attached hydrogens (tertiary/aromatic N) is 3. The average Bonchev–Trinajstić information content (AvgIpc) is 2.86. The molecule has 0 unspecified atom stereocenters.